The van der Waals surface area contributed by atoms with E-state index in [1.54, 1.807) is 0 Å². The van der Waals surface area contributed by atoms with Crippen molar-refractivity contribution >= 4 is 11.6 Å². The van der Waals surface area contributed by atoms with Gasteiger partial charge >= 0.3 is 0 Å². The average molecular weight is 319 g/mol. The number of nitriles is 1. The predicted octanol–water partition coefficient (Wildman–Crippen LogP) is 5.89. The lowest BCUT2D eigenvalue weighted by Gasteiger charge is -2.16. The second-order valence-corrected chi connectivity index (χ2v) is 6.37. The lowest BCUT2D eigenvalue weighted by Crippen LogP contribution is -2.00. The molecule has 0 aliphatic rings. The fraction of sp³-hybridized carbons (Fsp3) is 0.318. The number of ether oxygens (including phenoxy) is 1. The Bertz CT molecular complexity index is 777. The molecule has 0 aliphatic carbocycles. The molecule has 0 spiro atoms. The molecule has 0 unspecified atom stereocenters. The van der Waals surface area contributed by atoms with Crippen LogP contribution in [-0.2, 0) is 0 Å². The van der Waals surface area contributed by atoms with Crippen molar-refractivity contribution in [3.05, 3.63) is 64.2 Å². The normalized spacial score (nSPS) is 11.5. The Morgan fingerprint density at radius 1 is 1.17 bits per heavy atom. The summed E-state index contributed by atoms with van der Waals surface area (Å²) in [5, 5.41) is 9.58. The summed E-state index contributed by atoms with van der Waals surface area (Å²) in [4.78, 5) is 0. The van der Waals surface area contributed by atoms with Gasteiger partial charge in [-0.1, -0.05) is 43.7 Å². The van der Waals surface area contributed by atoms with Crippen LogP contribution in [0.4, 0.5) is 0 Å². The number of nitrogens with zero attached hydrogens (tertiary/aromatic N) is 1. The van der Waals surface area contributed by atoms with E-state index >= 15 is 0 Å². The van der Waals surface area contributed by atoms with E-state index in [4.69, 9.17) is 4.74 Å². The van der Waals surface area contributed by atoms with Crippen molar-refractivity contribution in [2.24, 2.45) is 0 Å². The van der Waals surface area contributed by atoms with Crippen LogP contribution in [0.25, 0.3) is 11.6 Å². The molecular weight excluding hydrogens is 294 g/mol. The second-order valence-electron chi connectivity index (χ2n) is 6.37. The van der Waals surface area contributed by atoms with Crippen LogP contribution in [0, 0.1) is 25.2 Å². The van der Waals surface area contributed by atoms with Crippen molar-refractivity contribution in [1.82, 2.24) is 0 Å². The molecule has 0 radical (unpaired) electrons. The number of benzene rings is 2. The third-order valence-electron chi connectivity index (χ3n) is 4.10. The SMILES string of the molecule is CCOc1cc(C)c(/C=C(/C#N)c2ccc(C)cc2)cc1C(C)C. The summed E-state index contributed by atoms with van der Waals surface area (Å²) in [6.07, 6.45) is 1.97. The van der Waals surface area contributed by atoms with E-state index in [1.807, 2.05) is 44.2 Å². The highest BCUT2D eigenvalue weighted by atomic mass is 16.5. The minimum Gasteiger partial charge on any atom is -0.494 e. The molecule has 0 heterocycles. The van der Waals surface area contributed by atoms with Crippen molar-refractivity contribution in [2.75, 3.05) is 6.61 Å². The summed E-state index contributed by atoms with van der Waals surface area (Å²) in [7, 11) is 0. The van der Waals surface area contributed by atoms with Crippen molar-refractivity contribution in [1.29, 1.82) is 5.26 Å². The lowest BCUT2D eigenvalue weighted by atomic mass is 9.94. The third-order valence-corrected chi connectivity index (χ3v) is 4.10. The molecule has 0 atom stereocenters. The molecule has 0 amide bonds. The molecule has 0 N–H and O–H groups in total. The molecule has 2 aromatic rings. The smallest absolute Gasteiger partial charge is 0.123 e. The first-order chi connectivity index (χ1) is 11.5. The highest BCUT2D eigenvalue weighted by Crippen LogP contribution is 2.31. The maximum atomic E-state index is 9.58. The van der Waals surface area contributed by atoms with E-state index in [1.165, 1.54) is 11.1 Å². The van der Waals surface area contributed by atoms with Crippen molar-refractivity contribution in [3.8, 4) is 11.8 Å². The largest absolute Gasteiger partial charge is 0.494 e. The van der Waals surface area contributed by atoms with Crippen LogP contribution in [0.2, 0.25) is 0 Å². The molecule has 0 aromatic heterocycles. The topological polar surface area (TPSA) is 33.0 Å². The molecular formula is C22H25NO. The molecule has 2 aromatic carbocycles. The minimum atomic E-state index is 0.365. The van der Waals surface area contributed by atoms with Gasteiger partial charge in [0.25, 0.3) is 0 Å². The minimum absolute atomic E-state index is 0.365. The Morgan fingerprint density at radius 2 is 1.83 bits per heavy atom. The highest BCUT2D eigenvalue weighted by Gasteiger charge is 2.12. The van der Waals surface area contributed by atoms with Gasteiger partial charge in [-0.15, -0.1) is 0 Å². The fourth-order valence-corrected chi connectivity index (χ4v) is 2.67. The van der Waals surface area contributed by atoms with Crippen LogP contribution in [0.15, 0.2) is 36.4 Å². The summed E-state index contributed by atoms with van der Waals surface area (Å²) in [6.45, 7) is 11.1. The quantitative estimate of drug-likeness (QED) is 0.508. The van der Waals surface area contributed by atoms with Gasteiger partial charge in [-0.3, -0.25) is 0 Å². The average Bonchev–Trinajstić information content (AvgIpc) is 2.55. The van der Waals surface area contributed by atoms with Gasteiger partial charge in [0.2, 0.25) is 0 Å². The first-order valence-corrected chi connectivity index (χ1v) is 8.42. The zero-order valence-corrected chi connectivity index (χ0v) is 15.2. The van der Waals surface area contributed by atoms with Gasteiger partial charge in [0.15, 0.2) is 0 Å². The van der Waals surface area contributed by atoms with E-state index in [0.29, 0.717) is 18.1 Å². The van der Waals surface area contributed by atoms with Gasteiger partial charge in [0, 0.05) is 0 Å². The second kappa shape index (κ2) is 7.84. The first-order valence-electron chi connectivity index (χ1n) is 8.42. The summed E-state index contributed by atoms with van der Waals surface area (Å²) in [5.74, 6) is 1.31. The Kier molecular flexibility index (Phi) is 5.82. The molecule has 0 aliphatic heterocycles. The Labute approximate surface area is 145 Å². The number of allylic oxidation sites excluding steroid dienone is 1. The van der Waals surface area contributed by atoms with Crippen LogP contribution in [0.1, 0.15) is 54.5 Å². The number of rotatable bonds is 5. The van der Waals surface area contributed by atoms with Crippen LogP contribution in [0.5, 0.6) is 5.75 Å². The van der Waals surface area contributed by atoms with E-state index in [9.17, 15) is 5.26 Å². The molecule has 2 rings (SSSR count). The summed E-state index contributed by atoms with van der Waals surface area (Å²) >= 11 is 0. The van der Waals surface area contributed by atoms with Gasteiger partial charge in [-0.2, -0.15) is 5.26 Å². The summed E-state index contributed by atoms with van der Waals surface area (Å²) < 4.78 is 5.78. The standard InChI is InChI=1S/C22H25NO/c1-6-24-22-11-17(5)19(13-21(22)15(2)3)12-20(14-23)18-9-7-16(4)8-10-18/h7-13,15H,6H2,1-5H3/b20-12-. The zero-order valence-electron chi connectivity index (χ0n) is 15.2. The molecule has 0 saturated heterocycles. The third kappa shape index (κ3) is 4.06. The van der Waals surface area contributed by atoms with Crippen LogP contribution in [-0.4, -0.2) is 6.61 Å². The number of hydrogen-bond acceptors (Lipinski definition) is 2. The van der Waals surface area contributed by atoms with Gasteiger partial charge in [0.05, 0.1) is 18.2 Å². The molecule has 24 heavy (non-hydrogen) atoms. The van der Waals surface area contributed by atoms with Gasteiger partial charge in [0.1, 0.15) is 5.75 Å². The molecule has 124 valence electrons. The monoisotopic (exact) mass is 319 g/mol. The van der Waals surface area contributed by atoms with E-state index in [0.717, 1.165) is 22.4 Å². The number of aryl methyl sites for hydroxylation is 2. The van der Waals surface area contributed by atoms with Crippen molar-refractivity contribution < 1.29 is 4.74 Å². The van der Waals surface area contributed by atoms with Gasteiger partial charge in [-0.25, -0.2) is 0 Å². The molecule has 0 saturated carbocycles. The summed E-state index contributed by atoms with van der Waals surface area (Å²) in [6, 6.07) is 14.6. The fourth-order valence-electron chi connectivity index (χ4n) is 2.67. The van der Waals surface area contributed by atoms with Crippen LogP contribution >= 0.6 is 0 Å². The van der Waals surface area contributed by atoms with Gasteiger partial charge < -0.3 is 4.74 Å². The summed E-state index contributed by atoms with van der Waals surface area (Å²) in [5.41, 5.74) is 6.17. The molecule has 2 nitrogen and oxygen atoms in total. The van der Waals surface area contributed by atoms with Crippen LogP contribution in [0.3, 0.4) is 0 Å². The van der Waals surface area contributed by atoms with Crippen molar-refractivity contribution in [2.45, 2.75) is 40.5 Å². The molecule has 0 fully saturated rings. The van der Waals surface area contributed by atoms with E-state index in [-0.39, 0.29) is 0 Å². The molecule has 2 heteroatoms. The van der Waals surface area contributed by atoms with Crippen LogP contribution < -0.4 is 4.74 Å². The van der Waals surface area contributed by atoms with E-state index in [2.05, 4.69) is 39.0 Å². The van der Waals surface area contributed by atoms with Crippen molar-refractivity contribution in [3.63, 3.8) is 0 Å². The highest BCUT2D eigenvalue weighted by molar-refractivity contribution is 5.90. The number of hydrogen-bond donors (Lipinski definition) is 0. The van der Waals surface area contributed by atoms with Gasteiger partial charge in [-0.05, 0) is 67.2 Å². The van der Waals surface area contributed by atoms with E-state index < -0.39 is 0 Å². The predicted molar refractivity (Wildman–Crippen MR) is 101 cm³/mol. The Morgan fingerprint density at radius 3 is 2.38 bits per heavy atom. The lowest BCUT2D eigenvalue weighted by molar-refractivity contribution is 0.335. The maximum absolute atomic E-state index is 9.58. The Balaban J connectivity index is 2.52. The maximum Gasteiger partial charge on any atom is 0.123 e. The first kappa shape index (κ1) is 17.8. The Hall–Kier alpha value is -2.53. The molecule has 0 bridgehead atoms. The zero-order chi connectivity index (χ0) is 17.7.